The molecule has 0 aliphatic heterocycles. The standard InChI is InChI=1S/C18H21N3O2/c1-3-21(13-10-15-8-11-19-12-9-15)18(23)17(22)20-16-7-5-4-6-14(16)2/h4-9,11-12H,3,10,13H2,1-2H3,(H,20,22). The van der Waals surface area contributed by atoms with E-state index >= 15 is 0 Å². The molecule has 5 nitrogen and oxygen atoms in total. The van der Waals surface area contributed by atoms with E-state index in [2.05, 4.69) is 10.3 Å². The van der Waals surface area contributed by atoms with E-state index in [1.165, 1.54) is 0 Å². The molecule has 2 amide bonds. The molecule has 2 aromatic rings. The zero-order chi connectivity index (χ0) is 16.7. The van der Waals surface area contributed by atoms with Crippen molar-refractivity contribution in [2.45, 2.75) is 20.3 Å². The Morgan fingerprint density at radius 3 is 2.48 bits per heavy atom. The van der Waals surface area contributed by atoms with Gasteiger partial charge in [0.05, 0.1) is 0 Å². The second kappa shape index (κ2) is 8.08. The number of amides is 2. The summed E-state index contributed by atoms with van der Waals surface area (Å²) in [4.78, 5) is 30.0. The first-order valence-corrected chi connectivity index (χ1v) is 7.66. The van der Waals surface area contributed by atoms with Gasteiger partial charge in [-0.15, -0.1) is 0 Å². The number of nitrogens with one attached hydrogen (secondary N) is 1. The molecular formula is C18H21N3O2. The van der Waals surface area contributed by atoms with Crippen molar-refractivity contribution < 1.29 is 9.59 Å². The first-order valence-electron chi connectivity index (χ1n) is 7.66. The molecule has 1 aromatic heterocycles. The quantitative estimate of drug-likeness (QED) is 0.863. The Labute approximate surface area is 136 Å². The number of hydrogen-bond donors (Lipinski definition) is 1. The summed E-state index contributed by atoms with van der Waals surface area (Å²) in [5, 5.41) is 2.68. The number of nitrogens with zero attached hydrogens (tertiary/aromatic N) is 2. The highest BCUT2D eigenvalue weighted by molar-refractivity contribution is 6.39. The first kappa shape index (κ1) is 16.7. The molecule has 2 rings (SSSR count). The molecule has 0 radical (unpaired) electrons. The Kier molecular flexibility index (Phi) is 5.86. The molecule has 5 heteroatoms. The molecule has 1 N–H and O–H groups in total. The minimum atomic E-state index is -0.601. The lowest BCUT2D eigenvalue weighted by Gasteiger charge is -2.20. The van der Waals surface area contributed by atoms with E-state index in [9.17, 15) is 9.59 Å². The highest BCUT2D eigenvalue weighted by atomic mass is 16.2. The summed E-state index contributed by atoms with van der Waals surface area (Å²) in [6.07, 6.45) is 4.14. The number of benzene rings is 1. The summed E-state index contributed by atoms with van der Waals surface area (Å²) in [5.41, 5.74) is 2.68. The lowest BCUT2D eigenvalue weighted by atomic mass is 10.2. The van der Waals surface area contributed by atoms with Crippen molar-refractivity contribution in [3.63, 3.8) is 0 Å². The normalized spacial score (nSPS) is 10.2. The Morgan fingerprint density at radius 1 is 1.13 bits per heavy atom. The van der Waals surface area contributed by atoms with Crippen LogP contribution < -0.4 is 5.32 Å². The van der Waals surface area contributed by atoms with Crippen LogP contribution in [0.1, 0.15) is 18.1 Å². The fraction of sp³-hybridized carbons (Fsp3) is 0.278. The summed E-state index contributed by atoms with van der Waals surface area (Å²) in [6, 6.07) is 11.2. The summed E-state index contributed by atoms with van der Waals surface area (Å²) < 4.78 is 0. The molecule has 1 heterocycles. The van der Waals surface area contributed by atoms with E-state index < -0.39 is 11.8 Å². The predicted octanol–water partition coefficient (Wildman–Crippen LogP) is 2.42. The number of carbonyl (C=O) groups excluding carboxylic acids is 2. The molecule has 0 aliphatic carbocycles. The van der Waals surface area contributed by atoms with Gasteiger partial charge in [-0.3, -0.25) is 14.6 Å². The largest absolute Gasteiger partial charge is 0.334 e. The highest BCUT2D eigenvalue weighted by Gasteiger charge is 2.20. The molecule has 0 spiro atoms. The summed E-state index contributed by atoms with van der Waals surface area (Å²) >= 11 is 0. The number of para-hydroxylation sites is 1. The molecule has 0 saturated heterocycles. The third-order valence-corrected chi connectivity index (χ3v) is 3.68. The van der Waals surface area contributed by atoms with E-state index in [1.54, 1.807) is 23.4 Å². The lowest BCUT2D eigenvalue weighted by molar-refractivity contribution is -0.143. The maximum atomic E-state index is 12.3. The molecule has 0 fully saturated rings. The molecule has 1 aromatic carbocycles. The number of aryl methyl sites for hydroxylation is 1. The molecule has 0 atom stereocenters. The maximum Gasteiger partial charge on any atom is 0.313 e. The van der Waals surface area contributed by atoms with Gasteiger partial charge in [-0.1, -0.05) is 18.2 Å². The Balaban J connectivity index is 1.96. The van der Waals surface area contributed by atoms with Crippen molar-refractivity contribution in [3.05, 3.63) is 59.9 Å². The van der Waals surface area contributed by atoms with Gasteiger partial charge < -0.3 is 10.2 Å². The second-order valence-electron chi connectivity index (χ2n) is 5.26. The lowest BCUT2D eigenvalue weighted by Crippen LogP contribution is -2.40. The topological polar surface area (TPSA) is 62.3 Å². The molecule has 0 unspecified atom stereocenters. The highest BCUT2D eigenvalue weighted by Crippen LogP contribution is 2.13. The monoisotopic (exact) mass is 311 g/mol. The minimum Gasteiger partial charge on any atom is -0.334 e. The second-order valence-corrected chi connectivity index (χ2v) is 5.26. The maximum absolute atomic E-state index is 12.3. The van der Waals surface area contributed by atoms with Gasteiger partial charge in [0.25, 0.3) is 0 Å². The zero-order valence-electron chi connectivity index (χ0n) is 13.5. The molecule has 0 saturated carbocycles. The number of carbonyl (C=O) groups is 2. The minimum absolute atomic E-state index is 0.491. The number of rotatable bonds is 5. The third-order valence-electron chi connectivity index (χ3n) is 3.68. The van der Waals surface area contributed by atoms with Crippen LogP contribution in [0.5, 0.6) is 0 Å². The number of likely N-dealkylation sites (N-methyl/N-ethyl adjacent to an activating group) is 1. The zero-order valence-corrected chi connectivity index (χ0v) is 13.5. The fourth-order valence-corrected chi connectivity index (χ4v) is 2.25. The van der Waals surface area contributed by atoms with Gasteiger partial charge in [0.1, 0.15) is 0 Å². The van der Waals surface area contributed by atoms with Crippen LogP contribution in [-0.2, 0) is 16.0 Å². The van der Waals surface area contributed by atoms with Crippen molar-refractivity contribution in [2.75, 3.05) is 18.4 Å². The Hall–Kier alpha value is -2.69. The van der Waals surface area contributed by atoms with Crippen LogP contribution in [-0.4, -0.2) is 34.8 Å². The molecular weight excluding hydrogens is 290 g/mol. The van der Waals surface area contributed by atoms with Gasteiger partial charge in [0, 0.05) is 31.2 Å². The van der Waals surface area contributed by atoms with Gasteiger partial charge in [-0.2, -0.15) is 0 Å². The number of pyridine rings is 1. The van der Waals surface area contributed by atoms with E-state index in [-0.39, 0.29) is 0 Å². The first-order chi connectivity index (χ1) is 11.1. The molecule has 23 heavy (non-hydrogen) atoms. The van der Waals surface area contributed by atoms with E-state index in [0.29, 0.717) is 25.2 Å². The van der Waals surface area contributed by atoms with Gasteiger partial charge in [-0.05, 0) is 49.6 Å². The summed E-state index contributed by atoms with van der Waals surface area (Å²) in [6.45, 7) is 4.75. The van der Waals surface area contributed by atoms with Crippen LogP contribution in [0, 0.1) is 6.92 Å². The van der Waals surface area contributed by atoms with Gasteiger partial charge in [-0.25, -0.2) is 0 Å². The number of aromatic nitrogens is 1. The van der Waals surface area contributed by atoms with Crippen molar-refractivity contribution in [3.8, 4) is 0 Å². The van der Waals surface area contributed by atoms with Crippen molar-refractivity contribution in [1.29, 1.82) is 0 Å². The molecule has 0 bridgehead atoms. The van der Waals surface area contributed by atoms with Crippen molar-refractivity contribution in [2.24, 2.45) is 0 Å². The van der Waals surface area contributed by atoms with Crippen LogP contribution in [0.4, 0.5) is 5.69 Å². The predicted molar refractivity (Wildman–Crippen MR) is 90.0 cm³/mol. The molecule has 120 valence electrons. The van der Waals surface area contributed by atoms with Gasteiger partial charge >= 0.3 is 11.8 Å². The van der Waals surface area contributed by atoms with Crippen molar-refractivity contribution >= 4 is 17.5 Å². The Morgan fingerprint density at radius 2 is 1.83 bits per heavy atom. The van der Waals surface area contributed by atoms with Crippen molar-refractivity contribution in [1.82, 2.24) is 9.88 Å². The van der Waals surface area contributed by atoms with Crippen LogP contribution in [0.15, 0.2) is 48.8 Å². The van der Waals surface area contributed by atoms with E-state index in [1.807, 2.05) is 44.2 Å². The third kappa shape index (κ3) is 4.64. The number of hydrogen-bond acceptors (Lipinski definition) is 3. The SMILES string of the molecule is CCN(CCc1ccncc1)C(=O)C(=O)Nc1ccccc1C. The van der Waals surface area contributed by atoms with Crippen LogP contribution in [0.2, 0.25) is 0 Å². The van der Waals surface area contributed by atoms with Gasteiger partial charge in [0.15, 0.2) is 0 Å². The van der Waals surface area contributed by atoms with E-state index in [4.69, 9.17) is 0 Å². The summed E-state index contributed by atoms with van der Waals surface area (Å²) in [7, 11) is 0. The average molecular weight is 311 g/mol. The van der Waals surface area contributed by atoms with Crippen LogP contribution in [0.3, 0.4) is 0 Å². The van der Waals surface area contributed by atoms with Crippen LogP contribution in [0.25, 0.3) is 0 Å². The van der Waals surface area contributed by atoms with E-state index in [0.717, 1.165) is 11.1 Å². The smallest absolute Gasteiger partial charge is 0.313 e. The Bertz CT molecular complexity index is 671. The fourth-order valence-electron chi connectivity index (χ4n) is 2.25. The molecule has 0 aliphatic rings. The van der Waals surface area contributed by atoms with Gasteiger partial charge in [0.2, 0.25) is 0 Å². The number of anilines is 1. The van der Waals surface area contributed by atoms with Crippen LogP contribution >= 0.6 is 0 Å². The average Bonchev–Trinajstić information content (AvgIpc) is 2.58. The summed E-state index contributed by atoms with van der Waals surface area (Å²) in [5.74, 6) is -1.11.